The number of nitrogens with one attached hydrogen (secondary N) is 1. The maximum Gasteiger partial charge on any atom is 0.330 e. The molecule has 13 heteroatoms. The molecule has 0 saturated carbocycles. The number of hydrogen-bond donors (Lipinski definition) is 1. The summed E-state index contributed by atoms with van der Waals surface area (Å²) in [6, 6.07) is 4.07. The van der Waals surface area contributed by atoms with Gasteiger partial charge in [-0.1, -0.05) is 0 Å². The van der Waals surface area contributed by atoms with E-state index in [1.807, 2.05) is 0 Å². The van der Waals surface area contributed by atoms with Crippen molar-refractivity contribution in [2.24, 2.45) is 0 Å². The van der Waals surface area contributed by atoms with E-state index in [2.05, 4.69) is 43.4 Å². The highest BCUT2D eigenvalue weighted by Crippen LogP contribution is 2.44. The third-order valence-corrected chi connectivity index (χ3v) is 6.52. The van der Waals surface area contributed by atoms with Crippen LogP contribution in [0, 0.1) is 11.3 Å². The first-order chi connectivity index (χ1) is 15.2. The molecule has 0 amide bonds. The minimum absolute atomic E-state index is 0.218. The molecule has 32 heavy (non-hydrogen) atoms. The summed E-state index contributed by atoms with van der Waals surface area (Å²) in [7, 11) is 0.618. The topological polar surface area (TPSA) is 128 Å². The molecule has 1 unspecified atom stereocenters. The first kappa shape index (κ1) is 29.1. The molecule has 2 heterocycles. The maximum absolute atomic E-state index is 11.5. The van der Waals surface area contributed by atoms with Gasteiger partial charge in [0.05, 0.1) is 38.9 Å². The lowest BCUT2D eigenvalue weighted by Crippen LogP contribution is -2.41. The van der Waals surface area contributed by atoms with Crippen LogP contribution in [-0.2, 0) is 21.6 Å². The van der Waals surface area contributed by atoms with Gasteiger partial charge in [0.2, 0.25) is 0 Å². The average Bonchev–Trinajstić information content (AvgIpc) is 2.73. The SMILES string of the molecule is COP(OCCC#N)N(C(C)C)C(C)C.O=c1ccn([C@H]2COC[C@@H](COI)O2)c(=O)[nH]1. The maximum atomic E-state index is 11.5. The fourth-order valence-electron chi connectivity index (χ4n) is 2.92. The second-order valence-corrected chi connectivity index (χ2v) is 9.46. The van der Waals surface area contributed by atoms with Crippen LogP contribution in [0.5, 0.6) is 0 Å². The molecular formula is C19H32IN4O7P. The number of nitrogens with zero attached hydrogens (tertiary/aromatic N) is 3. The number of nitriles is 1. The van der Waals surface area contributed by atoms with Crippen LogP contribution >= 0.6 is 31.5 Å². The molecule has 1 saturated heterocycles. The second-order valence-electron chi connectivity index (χ2n) is 7.27. The predicted molar refractivity (Wildman–Crippen MR) is 128 cm³/mol. The molecule has 0 aliphatic carbocycles. The zero-order chi connectivity index (χ0) is 24.1. The van der Waals surface area contributed by atoms with Crippen molar-refractivity contribution in [3.63, 3.8) is 0 Å². The van der Waals surface area contributed by atoms with Gasteiger partial charge in [0, 0.05) is 31.5 Å². The molecular weight excluding hydrogens is 554 g/mol. The average molecular weight is 586 g/mol. The zero-order valence-electron chi connectivity index (χ0n) is 19.0. The van der Waals surface area contributed by atoms with Crippen molar-refractivity contribution in [1.29, 1.82) is 5.26 Å². The van der Waals surface area contributed by atoms with Gasteiger partial charge < -0.3 is 21.6 Å². The third kappa shape index (κ3) is 9.93. The zero-order valence-corrected chi connectivity index (χ0v) is 22.1. The van der Waals surface area contributed by atoms with Gasteiger partial charge in [-0.05, 0) is 27.7 Å². The fourth-order valence-corrected chi connectivity index (χ4v) is 4.75. The van der Waals surface area contributed by atoms with E-state index in [0.717, 1.165) is 0 Å². The molecule has 0 radical (unpaired) electrons. The Hall–Kier alpha value is -0.910. The first-order valence-electron chi connectivity index (χ1n) is 10.2. The van der Waals surface area contributed by atoms with E-state index in [0.29, 0.717) is 38.3 Å². The summed E-state index contributed by atoms with van der Waals surface area (Å²) in [4.78, 5) is 24.6. The van der Waals surface area contributed by atoms with E-state index in [-0.39, 0.29) is 12.7 Å². The smallest absolute Gasteiger partial charge is 0.330 e. The predicted octanol–water partition coefficient (Wildman–Crippen LogP) is 2.73. The van der Waals surface area contributed by atoms with Gasteiger partial charge in [-0.2, -0.15) is 5.26 Å². The lowest BCUT2D eigenvalue weighted by Gasteiger charge is -2.34. The van der Waals surface area contributed by atoms with Crippen LogP contribution in [0.3, 0.4) is 0 Å². The van der Waals surface area contributed by atoms with E-state index < -0.39 is 26.0 Å². The number of halogens is 1. The monoisotopic (exact) mass is 586 g/mol. The van der Waals surface area contributed by atoms with Gasteiger partial charge in [0.15, 0.2) is 6.23 Å². The molecule has 1 aliphatic rings. The summed E-state index contributed by atoms with van der Waals surface area (Å²) >= 11 is 1.77. The van der Waals surface area contributed by atoms with Gasteiger partial charge in [0.25, 0.3) is 14.1 Å². The van der Waals surface area contributed by atoms with Crippen molar-refractivity contribution >= 4 is 31.5 Å². The summed E-state index contributed by atoms with van der Waals surface area (Å²) in [5.41, 5.74) is -0.947. The third-order valence-electron chi connectivity index (χ3n) is 4.14. The molecule has 1 aromatic rings. The Morgan fingerprint density at radius 1 is 1.34 bits per heavy atom. The lowest BCUT2D eigenvalue weighted by atomic mass is 10.3. The van der Waals surface area contributed by atoms with Crippen molar-refractivity contribution in [2.45, 2.75) is 58.5 Å². The number of rotatable bonds is 10. The van der Waals surface area contributed by atoms with Crippen LogP contribution in [0.2, 0.25) is 0 Å². The van der Waals surface area contributed by atoms with Gasteiger partial charge in [0.1, 0.15) is 29.1 Å². The minimum atomic E-state index is -1.03. The van der Waals surface area contributed by atoms with Crippen molar-refractivity contribution < 1.29 is 21.6 Å². The molecule has 11 nitrogen and oxygen atoms in total. The summed E-state index contributed by atoms with van der Waals surface area (Å²) in [5.74, 6) is 0. The van der Waals surface area contributed by atoms with Crippen LogP contribution in [0.25, 0.3) is 0 Å². The van der Waals surface area contributed by atoms with E-state index >= 15 is 0 Å². The lowest BCUT2D eigenvalue weighted by molar-refractivity contribution is -0.175. The highest BCUT2D eigenvalue weighted by molar-refractivity contribution is 14.1. The summed E-state index contributed by atoms with van der Waals surface area (Å²) in [6.07, 6.45) is 1.04. The molecule has 0 aromatic carbocycles. The Morgan fingerprint density at radius 3 is 2.56 bits per heavy atom. The van der Waals surface area contributed by atoms with Gasteiger partial charge in [-0.25, -0.2) is 9.46 Å². The molecule has 182 valence electrons. The molecule has 2 rings (SSSR count). The normalized spacial score (nSPS) is 19.5. The Labute approximate surface area is 203 Å². The van der Waals surface area contributed by atoms with Gasteiger partial charge in [-0.15, -0.1) is 0 Å². The van der Waals surface area contributed by atoms with Gasteiger partial charge in [-0.3, -0.25) is 14.3 Å². The van der Waals surface area contributed by atoms with E-state index in [1.165, 1.54) is 16.8 Å². The minimum Gasteiger partial charge on any atom is -0.374 e. The molecule has 3 atom stereocenters. The molecule has 1 aliphatic heterocycles. The summed E-state index contributed by atoms with van der Waals surface area (Å²) in [5, 5.41) is 8.43. The van der Waals surface area contributed by atoms with Gasteiger partial charge >= 0.3 is 5.69 Å². The quantitative estimate of drug-likeness (QED) is 0.250. The number of aromatic nitrogens is 2. The summed E-state index contributed by atoms with van der Waals surface area (Å²) in [6.45, 7) is 9.97. The number of ether oxygens (including phenoxy) is 2. The van der Waals surface area contributed by atoms with E-state index in [9.17, 15) is 9.59 Å². The second kappa shape index (κ2) is 15.8. The number of hydrogen-bond acceptors (Lipinski definition) is 9. The van der Waals surface area contributed by atoms with Crippen LogP contribution in [0.1, 0.15) is 40.3 Å². The standard InChI is InChI=1S/C10H21N2O2P.C9H11IN2O5/c1-9(2)12(10(3)4)15(13-5)14-8-6-7-11;10-16-4-6-3-15-5-8(17-6)12-2-1-7(13)11-9(12)14/h9-10H,6,8H2,1-5H3;1-2,6,8H,3-5H2,(H,11,13,14)/t;6-,8+/m.0/s1. The molecule has 1 aromatic heterocycles. The Bertz CT molecular complexity index is 804. The van der Waals surface area contributed by atoms with Crippen molar-refractivity contribution in [3.8, 4) is 6.07 Å². The Morgan fingerprint density at radius 2 is 2.03 bits per heavy atom. The summed E-state index contributed by atoms with van der Waals surface area (Å²) < 4.78 is 30.3. The fraction of sp³-hybridized carbons (Fsp3) is 0.737. The highest BCUT2D eigenvalue weighted by atomic mass is 127. The number of H-pyrrole nitrogens is 1. The van der Waals surface area contributed by atoms with Crippen LogP contribution in [0.4, 0.5) is 0 Å². The van der Waals surface area contributed by atoms with E-state index in [1.54, 1.807) is 30.1 Å². The largest absolute Gasteiger partial charge is 0.374 e. The van der Waals surface area contributed by atoms with Crippen molar-refractivity contribution in [2.75, 3.05) is 33.5 Å². The highest BCUT2D eigenvalue weighted by Gasteiger charge is 2.26. The van der Waals surface area contributed by atoms with Crippen molar-refractivity contribution in [1.82, 2.24) is 14.2 Å². The number of aromatic amines is 1. The Kier molecular flexibility index (Phi) is 14.4. The molecule has 1 fully saturated rings. The molecule has 0 bridgehead atoms. The van der Waals surface area contributed by atoms with Crippen LogP contribution < -0.4 is 11.2 Å². The molecule has 0 spiro atoms. The van der Waals surface area contributed by atoms with E-state index in [4.69, 9.17) is 26.8 Å². The first-order valence-corrected chi connectivity index (χ1v) is 12.2. The molecule has 1 N–H and O–H groups in total. The van der Waals surface area contributed by atoms with Crippen LogP contribution in [0.15, 0.2) is 21.9 Å². The Balaban J connectivity index is 0.000000324. The van der Waals surface area contributed by atoms with Crippen molar-refractivity contribution in [3.05, 3.63) is 33.1 Å². The van der Waals surface area contributed by atoms with Crippen LogP contribution in [-0.4, -0.2) is 65.9 Å².